The molecule has 23 heavy (non-hydrogen) atoms. The third-order valence-electron chi connectivity index (χ3n) is 2.77. The highest BCUT2D eigenvalue weighted by Gasteiger charge is 2.12. The molecule has 0 aliphatic carbocycles. The lowest BCUT2D eigenvalue weighted by atomic mass is 10.3. The predicted molar refractivity (Wildman–Crippen MR) is 85.5 cm³/mol. The first kappa shape index (κ1) is 17.8. The van der Waals surface area contributed by atoms with E-state index >= 15 is 0 Å². The summed E-state index contributed by atoms with van der Waals surface area (Å²) in [5.74, 6) is -1.06. The zero-order chi connectivity index (χ0) is 17.4. The van der Waals surface area contributed by atoms with Crippen LogP contribution in [-0.2, 0) is 0 Å². The molecular weight excluding hydrogens is 302 g/mol. The van der Waals surface area contributed by atoms with Crippen LogP contribution in [0.1, 0.15) is 17.4 Å². The lowest BCUT2D eigenvalue weighted by Crippen LogP contribution is -2.35. The molecular formula is C14H19N5O4. The molecule has 0 spiro atoms. The van der Waals surface area contributed by atoms with E-state index in [4.69, 9.17) is 10.8 Å². The number of aromatic hydroxyl groups is 1. The normalized spacial score (nSPS) is 11.9. The van der Waals surface area contributed by atoms with Crippen LogP contribution in [0.25, 0.3) is 0 Å². The van der Waals surface area contributed by atoms with Crippen LogP contribution < -0.4 is 21.8 Å². The average molecular weight is 321 g/mol. The number of carbonyl (C=O) groups excluding carboxylic acids is 1. The molecule has 0 bridgehead atoms. The average Bonchev–Trinajstić information content (AvgIpc) is 2.50. The van der Waals surface area contributed by atoms with Crippen molar-refractivity contribution in [2.45, 2.75) is 6.92 Å². The second kappa shape index (κ2) is 8.27. The van der Waals surface area contributed by atoms with Gasteiger partial charge in [0.05, 0.1) is 11.9 Å². The maximum absolute atomic E-state index is 11.9. The third-order valence-corrected chi connectivity index (χ3v) is 2.77. The fourth-order valence-electron chi connectivity index (χ4n) is 1.65. The molecule has 9 heteroatoms. The van der Waals surface area contributed by atoms with Crippen LogP contribution >= 0.6 is 0 Å². The number of nitrogens with zero attached hydrogens (tertiary/aromatic N) is 2. The molecule has 1 aromatic rings. The molecule has 1 heterocycles. The fraction of sp³-hybridized carbons (Fsp3) is 0.214. The van der Waals surface area contributed by atoms with Gasteiger partial charge in [0, 0.05) is 25.4 Å². The molecule has 0 saturated carbocycles. The summed E-state index contributed by atoms with van der Waals surface area (Å²) in [5, 5.41) is 24.1. The van der Waals surface area contributed by atoms with Crippen molar-refractivity contribution in [1.29, 1.82) is 0 Å². The van der Waals surface area contributed by atoms with Crippen LogP contribution in [0.2, 0.25) is 0 Å². The summed E-state index contributed by atoms with van der Waals surface area (Å²) in [5.41, 5.74) is 5.23. The van der Waals surface area contributed by atoms with E-state index in [9.17, 15) is 14.8 Å². The summed E-state index contributed by atoms with van der Waals surface area (Å²) < 4.78 is 0.381. The summed E-state index contributed by atoms with van der Waals surface area (Å²) >= 11 is 0. The van der Waals surface area contributed by atoms with Gasteiger partial charge in [-0.3, -0.25) is 9.59 Å². The summed E-state index contributed by atoms with van der Waals surface area (Å²) in [6.45, 7) is 5.76. The number of aliphatic imine (C=N–C) groups is 1. The van der Waals surface area contributed by atoms with E-state index in [1.807, 2.05) is 0 Å². The summed E-state index contributed by atoms with van der Waals surface area (Å²) in [7, 11) is 0. The topological polar surface area (TPSA) is 142 Å². The SMILES string of the molecule is C=CN=C(N)/C(=C\C)NCCNC(=O)c1cc(=O)c(O)cn1O. The number of pyridine rings is 1. The Morgan fingerprint density at radius 3 is 2.74 bits per heavy atom. The minimum atomic E-state index is -0.761. The summed E-state index contributed by atoms with van der Waals surface area (Å²) in [6, 6.07) is 0.837. The molecule has 1 amide bonds. The highest BCUT2D eigenvalue weighted by molar-refractivity contribution is 5.96. The Bertz CT molecular complexity index is 706. The van der Waals surface area contributed by atoms with E-state index in [-0.39, 0.29) is 18.1 Å². The number of carbonyl (C=O) groups is 1. The number of aromatic nitrogens is 1. The molecule has 0 saturated heterocycles. The Hall–Kier alpha value is -3.23. The number of amidine groups is 1. The number of nitrogens with one attached hydrogen (secondary N) is 2. The molecule has 0 aromatic carbocycles. The largest absolute Gasteiger partial charge is 0.503 e. The fourth-order valence-corrected chi connectivity index (χ4v) is 1.65. The lowest BCUT2D eigenvalue weighted by molar-refractivity contribution is 0.0897. The van der Waals surface area contributed by atoms with Crippen LogP contribution in [-0.4, -0.2) is 39.9 Å². The first-order valence-corrected chi connectivity index (χ1v) is 6.68. The van der Waals surface area contributed by atoms with Gasteiger partial charge in [-0.1, -0.05) is 12.7 Å². The third kappa shape index (κ3) is 4.92. The second-order valence-corrected chi connectivity index (χ2v) is 4.33. The molecule has 0 aliphatic rings. The van der Waals surface area contributed by atoms with Crippen molar-refractivity contribution in [2.24, 2.45) is 10.7 Å². The molecule has 1 aromatic heterocycles. The Morgan fingerprint density at radius 2 is 2.13 bits per heavy atom. The van der Waals surface area contributed by atoms with E-state index in [0.29, 0.717) is 17.0 Å². The zero-order valence-corrected chi connectivity index (χ0v) is 12.6. The maximum Gasteiger partial charge on any atom is 0.271 e. The smallest absolute Gasteiger partial charge is 0.271 e. The quantitative estimate of drug-likeness (QED) is 0.199. The van der Waals surface area contributed by atoms with Gasteiger partial charge in [0.25, 0.3) is 5.91 Å². The van der Waals surface area contributed by atoms with Gasteiger partial charge in [0.15, 0.2) is 5.75 Å². The lowest BCUT2D eigenvalue weighted by Gasteiger charge is -2.11. The Kier molecular flexibility index (Phi) is 6.41. The highest BCUT2D eigenvalue weighted by Crippen LogP contribution is 2.02. The standard InChI is InChI=1S/C14H19N5O4/c1-3-9(13(15)16-4-2)17-5-6-18-14(22)10-7-11(20)12(21)8-19(10)23/h3-4,7-8,17,21,23H,2,5-6H2,1H3,(H2,15,16)(H,18,22)/b9-3+. The summed E-state index contributed by atoms with van der Waals surface area (Å²) in [4.78, 5) is 27.0. The van der Waals surface area contributed by atoms with E-state index in [2.05, 4.69) is 22.2 Å². The van der Waals surface area contributed by atoms with Crippen molar-refractivity contribution in [3.63, 3.8) is 0 Å². The first-order chi connectivity index (χ1) is 10.9. The van der Waals surface area contributed by atoms with E-state index in [1.165, 1.54) is 6.20 Å². The van der Waals surface area contributed by atoms with Gasteiger partial charge in [-0.25, -0.2) is 4.99 Å². The molecule has 0 radical (unpaired) electrons. The molecule has 6 N–H and O–H groups in total. The van der Waals surface area contributed by atoms with Gasteiger partial charge in [-0.05, 0) is 6.92 Å². The van der Waals surface area contributed by atoms with Crippen molar-refractivity contribution in [3.8, 4) is 5.75 Å². The van der Waals surface area contributed by atoms with Gasteiger partial charge in [0.2, 0.25) is 5.43 Å². The Morgan fingerprint density at radius 1 is 1.48 bits per heavy atom. The van der Waals surface area contributed by atoms with Crippen molar-refractivity contribution in [1.82, 2.24) is 15.4 Å². The van der Waals surface area contributed by atoms with Gasteiger partial charge < -0.3 is 26.7 Å². The number of rotatable bonds is 7. The van der Waals surface area contributed by atoms with Gasteiger partial charge in [-0.2, -0.15) is 4.73 Å². The van der Waals surface area contributed by atoms with Gasteiger partial charge in [-0.15, -0.1) is 0 Å². The van der Waals surface area contributed by atoms with E-state index in [1.54, 1.807) is 13.0 Å². The maximum atomic E-state index is 11.9. The van der Waals surface area contributed by atoms with Gasteiger partial charge in [0.1, 0.15) is 11.5 Å². The molecule has 0 aliphatic heterocycles. The van der Waals surface area contributed by atoms with E-state index in [0.717, 1.165) is 12.3 Å². The number of hydrogen-bond acceptors (Lipinski definition) is 6. The van der Waals surface area contributed by atoms with Crippen LogP contribution in [0.15, 0.2) is 46.6 Å². The molecule has 0 unspecified atom stereocenters. The minimum absolute atomic E-state index is 0.201. The van der Waals surface area contributed by atoms with Crippen LogP contribution in [0.5, 0.6) is 5.75 Å². The molecule has 9 nitrogen and oxygen atoms in total. The van der Waals surface area contributed by atoms with Crippen LogP contribution in [0.3, 0.4) is 0 Å². The number of hydrogen-bond donors (Lipinski definition) is 5. The van der Waals surface area contributed by atoms with Crippen LogP contribution in [0.4, 0.5) is 0 Å². The number of allylic oxidation sites excluding steroid dienone is 1. The Balaban J connectivity index is 2.58. The first-order valence-electron chi connectivity index (χ1n) is 6.68. The van der Waals surface area contributed by atoms with Crippen molar-refractivity contribution >= 4 is 11.7 Å². The predicted octanol–water partition coefficient (Wildman–Crippen LogP) is -0.485. The minimum Gasteiger partial charge on any atom is -0.503 e. The second-order valence-electron chi connectivity index (χ2n) is 4.33. The highest BCUT2D eigenvalue weighted by atomic mass is 16.5. The molecule has 0 fully saturated rings. The van der Waals surface area contributed by atoms with E-state index < -0.39 is 17.1 Å². The van der Waals surface area contributed by atoms with Crippen LogP contribution in [0, 0.1) is 0 Å². The number of nitrogens with two attached hydrogens (primary N) is 1. The summed E-state index contributed by atoms with van der Waals surface area (Å²) in [6.07, 6.45) is 3.78. The van der Waals surface area contributed by atoms with Crippen molar-refractivity contribution in [3.05, 3.63) is 52.7 Å². The van der Waals surface area contributed by atoms with Crippen molar-refractivity contribution in [2.75, 3.05) is 13.1 Å². The monoisotopic (exact) mass is 321 g/mol. The Labute approximate surface area is 132 Å². The molecule has 0 atom stereocenters. The number of amides is 1. The molecule has 124 valence electrons. The van der Waals surface area contributed by atoms with Crippen molar-refractivity contribution < 1.29 is 15.1 Å². The van der Waals surface area contributed by atoms with Gasteiger partial charge >= 0.3 is 0 Å². The zero-order valence-electron chi connectivity index (χ0n) is 12.6. The molecule has 1 rings (SSSR count).